The number of nitrogens with two attached hydrogens (primary N) is 1. The number of methoxy groups -OCH3 is 2. The van der Waals surface area contributed by atoms with Crippen molar-refractivity contribution in [3.63, 3.8) is 0 Å². The molecule has 2 heterocycles. The number of nitrogens with one attached hydrogen (secondary N) is 1. The van der Waals surface area contributed by atoms with Gasteiger partial charge in [-0.1, -0.05) is 24.4 Å². The van der Waals surface area contributed by atoms with E-state index in [1.807, 2.05) is 4.57 Å². The predicted molar refractivity (Wildman–Crippen MR) is 176 cm³/mol. The van der Waals surface area contributed by atoms with Gasteiger partial charge in [0, 0.05) is 38.4 Å². The molecule has 45 heavy (non-hydrogen) atoms. The number of hydrazine groups is 1. The topological polar surface area (TPSA) is 159 Å². The van der Waals surface area contributed by atoms with Crippen LogP contribution in [0, 0.1) is 0 Å². The van der Waals surface area contributed by atoms with Gasteiger partial charge >= 0.3 is 8.53 Å². The number of carbonyl (C=O) groups is 1. The van der Waals surface area contributed by atoms with Gasteiger partial charge in [0.05, 0.1) is 31.2 Å². The summed E-state index contributed by atoms with van der Waals surface area (Å²) in [5.41, 5.74) is 1.39. The molecule has 0 aliphatic heterocycles. The van der Waals surface area contributed by atoms with Crippen molar-refractivity contribution in [1.29, 1.82) is 0 Å². The zero-order valence-corrected chi connectivity index (χ0v) is 28.4. The molecule has 2 aliphatic carbocycles. The second-order valence-electron chi connectivity index (χ2n) is 10.9. The minimum absolute atomic E-state index is 0.00344. The molecule has 5 rings (SSSR count). The molecule has 4 N–H and O–H groups in total. The van der Waals surface area contributed by atoms with E-state index in [4.69, 9.17) is 41.1 Å². The maximum absolute atomic E-state index is 11.2. The van der Waals surface area contributed by atoms with Crippen LogP contribution in [0.15, 0.2) is 36.9 Å². The molecule has 0 bridgehead atoms. The van der Waals surface area contributed by atoms with Crippen LogP contribution in [0.3, 0.4) is 0 Å². The quantitative estimate of drug-likeness (QED) is 0.0866. The first kappa shape index (κ1) is 37.0. The van der Waals surface area contributed by atoms with Crippen LogP contribution in [-0.4, -0.2) is 83.1 Å². The molecule has 0 spiro atoms. The van der Waals surface area contributed by atoms with Gasteiger partial charge in [0.25, 0.3) is 0 Å². The van der Waals surface area contributed by atoms with Crippen LogP contribution in [0.2, 0.25) is 5.02 Å². The summed E-state index contributed by atoms with van der Waals surface area (Å²) in [5.74, 6) is 7.46. The molecule has 4 unspecified atom stereocenters. The normalized spacial score (nSPS) is 17.3. The molecule has 3 aromatic rings. The number of ether oxygens (including phenoxy) is 2. The number of benzene rings is 1. The average molecular weight is 668 g/mol. The maximum atomic E-state index is 11.2. The number of aromatic nitrogens is 4. The first-order chi connectivity index (χ1) is 21.8. The van der Waals surface area contributed by atoms with E-state index in [9.17, 15) is 4.79 Å². The Bertz CT molecular complexity index is 1280. The van der Waals surface area contributed by atoms with Gasteiger partial charge in [0.15, 0.2) is 17.0 Å². The van der Waals surface area contributed by atoms with Crippen LogP contribution >= 0.6 is 20.1 Å². The van der Waals surface area contributed by atoms with Gasteiger partial charge in [-0.15, -0.1) is 0 Å². The third-order valence-corrected chi connectivity index (χ3v) is 9.10. The fraction of sp³-hybridized carbons (Fsp3) is 0.600. The van der Waals surface area contributed by atoms with E-state index in [0.717, 1.165) is 26.2 Å². The Balaban J connectivity index is 0.000000534. The van der Waals surface area contributed by atoms with Gasteiger partial charge in [-0.05, 0) is 70.2 Å². The van der Waals surface area contributed by atoms with Crippen LogP contribution < -0.4 is 20.5 Å². The van der Waals surface area contributed by atoms with Crippen LogP contribution in [0.25, 0.3) is 11.2 Å². The zero-order chi connectivity index (χ0) is 32.8. The number of fused-ring (bicyclic) bond motifs is 1. The van der Waals surface area contributed by atoms with E-state index in [0.29, 0.717) is 46.3 Å². The van der Waals surface area contributed by atoms with Crippen molar-refractivity contribution in [3.05, 3.63) is 41.9 Å². The monoisotopic (exact) mass is 667 g/mol. The molecule has 2 aromatic heterocycles. The lowest BCUT2D eigenvalue weighted by molar-refractivity contribution is -0.108. The molecular weight excluding hydrogens is 621 g/mol. The first-order valence-electron chi connectivity index (χ1n) is 15.1. The largest absolute Gasteiger partial charge is 0.436 e. The van der Waals surface area contributed by atoms with Crippen molar-refractivity contribution in [2.24, 2.45) is 5.84 Å². The van der Waals surface area contributed by atoms with Crippen LogP contribution in [0.1, 0.15) is 64.8 Å². The van der Waals surface area contributed by atoms with E-state index >= 15 is 0 Å². The molecule has 0 amide bonds. The van der Waals surface area contributed by atoms with Gasteiger partial charge in [-0.3, -0.25) is 5.01 Å². The van der Waals surface area contributed by atoms with Crippen molar-refractivity contribution in [2.75, 3.05) is 32.9 Å². The highest BCUT2D eigenvalue weighted by Crippen LogP contribution is 2.37. The summed E-state index contributed by atoms with van der Waals surface area (Å²) in [5, 5.41) is 12.4. The lowest BCUT2D eigenvalue weighted by Crippen LogP contribution is -2.34. The zero-order valence-electron chi connectivity index (χ0n) is 26.7. The van der Waals surface area contributed by atoms with Gasteiger partial charge in [-0.25, -0.2) is 25.9 Å². The molecule has 4 atom stereocenters. The number of rotatable bonds is 15. The minimum Gasteiger partial charge on any atom is -0.436 e. The summed E-state index contributed by atoms with van der Waals surface area (Å²) >= 11 is 5.96. The number of aldehydes is 1. The molecule has 0 radical (unpaired) electrons. The van der Waals surface area contributed by atoms with Crippen molar-refractivity contribution in [3.8, 4) is 5.75 Å². The summed E-state index contributed by atoms with van der Waals surface area (Å²) in [7, 11) is 2.84. The van der Waals surface area contributed by atoms with Crippen molar-refractivity contribution in [2.45, 2.75) is 89.1 Å². The summed E-state index contributed by atoms with van der Waals surface area (Å²) in [6.45, 7) is 4.05. The lowest BCUT2D eigenvalue weighted by Gasteiger charge is -2.25. The molecule has 1 aromatic carbocycles. The van der Waals surface area contributed by atoms with E-state index in [1.54, 1.807) is 56.7 Å². The average Bonchev–Trinajstić information content (AvgIpc) is 3.59. The molecule has 2 fully saturated rings. The Kier molecular flexibility index (Phi) is 15.8. The standard InChI is InChI=1S/C23H31ClN7O4P.C6H12O.CH4O/c1-15(11-32)29-36(35-19-8-4-17(24)5-9-19)34-12-20(33-3)10-16(2)30-14-28-21-22(30)26-13-27-23(21)31(25)18-6-7-18;1-7-6-4-2-3-5-6;1-2/h4-5,8-9,11,13-16,18,20,29H,6-7,10,12,25H2,1-3H3;6H,2-5H2,1H3;2H,1H3. The first-order valence-corrected chi connectivity index (χ1v) is 16.7. The smallest absolute Gasteiger partial charge is 0.318 e. The molecule has 2 aliphatic rings. The van der Waals surface area contributed by atoms with E-state index in [2.05, 4.69) is 27.0 Å². The summed E-state index contributed by atoms with van der Waals surface area (Å²) in [6.07, 6.45) is 12.5. The van der Waals surface area contributed by atoms with Crippen molar-refractivity contribution < 1.29 is 28.4 Å². The predicted octanol–water partition coefficient (Wildman–Crippen LogP) is 4.97. The number of halogens is 1. The van der Waals surface area contributed by atoms with Crippen molar-refractivity contribution >= 4 is 43.4 Å². The van der Waals surface area contributed by atoms with E-state index < -0.39 is 14.6 Å². The van der Waals surface area contributed by atoms with Gasteiger partial charge in [-0.2, -0.15) is 0 Å². The number of nitrogens with zero attached hydrogens (tertiary/aromatic N) is 5. The molecule has 15 heteroatoms. The third kappa shape index (κ3) is 11.4. The minimum atomic E-state index is -1.60. The number of aliphatic hydroxyl groups is 1. The molecule has 13 nitrogen and oxygen atoms in total. The third-order valence-electron chi connectivity index (χ3n) is 7.46. The van der Waals surface area contributed by atoms with E-state index in [1.165, 1.54) is 32.0 Å². The number of hydrogen-bond donors (Lipinski definition) is 3. The fourth-order valence-electron chi connectivity index (χ4n) is 4.76. The van der Waals surface area contributed by atoms with Crippen molar-refractivity contribution in [1.82, 2.24) is 24.6 Å². The number of hydrogen-bond acceptors (Lipinski definition) is 12. The summed E-state index contributed by atoms with van der Waals surface area (Å²) in [6, 6.07) is 6.82. The Morgan fingerprint density at radius 2 is 1.82 bits per heavy atom. The second kappa shape index (κ2) is 19.2. The van der Waals surface area contributed by atoms with Crippen LogP contribution in [-0.2, 0) is 18.8 Å². The second-order valence-corrected chi connectivity index (χ2v) is 12.5. The van der Waals surface area contributed by atoms with Gasteiger partial charge in [0.2, 0.25) is 0 Å². The Labute approximate surface area is 271 Å². The Morgan fingerprint density at radius 3 is 2.40 bits per heavy atom. The van der Waals surface area contributed by atoms with Gasteiger partial charge < -0.3 is 33.0 Å². The number of imidazole rings is 1. The Hall–Kier alpha value is -2.48. The highest BCUT2D eigenvalue weighted by molar-refractivity contribution is 7.45. The Morgan fingerprint density at radius 1 is 1.13 bits per heavy atom. The van der Waals surface area contributed by atoms with Gasteiger partial charge in [0.1, 0.15) is 18.4 Å². The highest BCUT2D eigenvalue weighted by atomic mass is 35.5. The summed E-state index contributed by atoms with van der Waals surface area (Å²) in [4.78, 5) is 24.5. The SMILES string of the molecule is CO.COC(COP(NC(C)C=O)Oc1ccc(Cl)cc1)CC(C)n1cnc2c(N(N)C3CC3)ncnc21.COC1CCCC1. The van der Waals surface area contributed by atoms with Crippen LogP contribution in [0.5, 0.6) is 5.75 Å². The van der Waals surface area contributed by atoms with Crippen LogP contribution in [0.4, 0.5) is 5.82 Å². The number of aliphatic hydroxyl groups excluding tert-OH is 1. The lowest BCUT2D eigenvalue weighted by atomic mass is 10.1. The molecule has 0 saturated heterocycles. The molecule has 250 valence electrons. The molecular formula is C30H47ClN7O6P. The summed E-state index contributed by atoms with van der Waals surface area (Å²) < 4.78 is 24.8. The van der Waals surface area contributed by atoms with E-state index in [-0.39, 0.29) is 18.8 Å². The number of carbonyl (C=O) groups excluding carboxylic acids is 1. The number of anilines is 1. The molecule has 2 saturated carbocycles. The maximum Gasteiger partial charge on any atom is 0.318 e. The fourth-order valence-corrected chi connectivity index (χ4v) is 6.07. The highest BCUT2D eigenvalue weighted by Gasteiger charge is 2.30.